The zero-order chi connectivity index (χ0) is 9.10. The largest absolute Gasteiger partial charge is 0.298 e. The van der Waals surface area contributed by atoms with E-state index in [4.69, 9.17) is 0 Å². The van der Waals surface area contributed by atoms with Crippen LogP contribution in [0, 0.1) is 0 Å². The molecule has 0 N–H and O–H groups in total. The fraction of sp³-hybridized carbons (Fsp3) is 0.455. The standard InChI is InChI=1S/C11H14BrN/c12-6-8-13-7-5-10-3-1-2-4-11(10)9-13/h1-4H,5-9H2. The zero-order valence-electron chi connectivity index (χ0n) is 7.67. The maximum Gasteiger partial charge on any atom is 0.0236 e. The molecule has 1 aliphatic heterocycles. The lowest BCUT2D eigenvalue weighted by molar-refractivity contribution is 0.271. The smallest absolute Gasteiger partial charge is 0.0236 e. The summed E-state index contributed by atoms with van der Waals surface area (Å²) in [7, 11) is 0. The Morgan fingerprint density at radius 1 is 1.23 bits per heavy atom. The fourth-order valence-corrected chi connectivity index (χ4v) is 2.37. The fourth-order valence-electron chi connectivity index (χ4n) is 1.86. The SMILES string of the molecule is BrCCN1CCc2ccccc2C1. The van der Waals surface area contributed by atoms with Gasteiger partial charge in [-0.05, 0) is 17.5 Å². The number of alkyl halides is 1. The summed E-state index contributed by atoms with van der Waals surface area (Å²) in [5.41, 5.74) is 3.04. The monoisotopic (exact) mass is 239 g/mol. The molecular formula is C11H14BrN. The molecule has 0 aromatic heterocycles. The lowest BCUT2D eigenvalue weighted by Crippen LogP contribution is -2.31. The van der Waals surface area contributed by atoms with Crippen LogP contribution in [0.1, 0.15) is 11.1 Å². The first kappa shape index (κ1) is 9.22. The molecule has 0 fully saturated rings. The number of nitrogens with zero attached hydrogens (tertiary/aromatic N) is 1. The van der Waals surface area contributed by atoms with Crippen LogP contribution in [0.25, 0.3) is 0 Å². The summed E-state index contributed by atoms with van der Waals surface area (Å²) in [5.74, 6) is 0. The Bertz CT molecular complexity index is 285. The molecule has 70 valence electrons. The van der Waals surface area contributed by atoms with Crippen molar-refractivity contribution in [1.82, 2.24) is 4.90 Å². The zero-order valence-corrected chi connectivity index (χ0v) is 9.26. The van der Waals surface area contributed by atoms with Crippen molar-refractivity contribution in [3.63, 3.8) is 0 Å². The third kappa shape index (κ3) is 2.12. The van der Waals surface area contributed by atoms with Crippen LogP contribution in [-0.4, -0.2) is 23.3 Å². The first-order chi connectivity index (χ1) is 6.40. The number of halogens is 1. The molecule has 1 aliphatic rings. The van der Waals surface area contributed by atoms with Crippen LogP contribution < -0.4 is 0 Å². The Kier molecular flexibility index (Phi) is 3.01. The van der Waals surface area contributed by atoms with Crippen molar-refractivity contribution in [2.24, 2.45) is 0 Å². The molecular weight excluding hydrogens is 226 g/mol. The Balaban J connectivity index is 2.11. The highest BCUT2D eigenvalue weighted by Gasteiger charge is 2.13. The van der Waals surface area contributed by atoms with Crippen molar-refractivity contribution in [3.05, 3.63) is 35.4 Å². The van der Waals surface area contributed by atoms with Crippen LogP contribution in [0.3, 0.4) is 0 Å². The summed E-state index contributed by atoms with van der Waals surface area (Å²) < 4.78 is 0. The highest BCUT2D eigenvalue weighted by atomic mass is 79.9. The van der Waals surface area contributed by atoms with Crippen molar-refractivity contribution >= 4 is 15.9 Å². The Labute approximate surface area is 87.9 Å². The van der Waals surface area contributed by atoms with Crippen LogP contribution >= 0.6 is 15.9 Å². The molecule has 0 bridgehead atoms. The van der Waals surface area contributed by atoms with Crippen LogP contribution in [0.2, 0.25) is 0 Å². The molecule has 2 rings (SSSR count). The normalized spacial score (nSPS) is 17.0. The van der Waals surface area contributed by atoms with Crippen LogP contribution in [0.5, 0.6) is 0 Å². The molecule has 1 nitrogen and oxygen atoms in total. The van der Waals surface area contributed by atoms with E-state index in [0.29, 0.717) is 0 Å². The third-order valence-electron chi connectivity index (χ3n) is 2.61. The summed E-state index contributed by atoms with van der Waals surface area (Å²) in [6, 6.07) is 8.77. The minimum Gasteiger partial charge on any atom is -0.298 e. The van der Waals surface area contributed by atoms with Gasteiger partial charge in [-0.3, -0.25) is 4.90 Å². The third-order valence-corrected chi connectivity index (χ3v) is 2.97. The van der Waals surface area contributed by atoms with Crippen molar-refractivity contribution in [2.75, 3.05) is 18.4 Å². The number of hydrogen-bond donors (Lipinski definition) is 0. The Morgan fingerprint density at radius 2 is 2.00 bits per heavy atom. The van der Waals surface area contributed by atoms with E-state index >= 15 is 0 Å². The molecule has 0 atom stereocenters. The van der Waals surface area contributed by atoms with Gasteiger partial charge in [-0.2, -0.15) is 0 Å². The lowest BCUT2D eigenvalue weighted by Gasteiger charge is -2.27. The van der Waals surface area contributed by atoms with Crippen molar-refractivity contribution < 1.29 is 0 Å². The summed E-state index contributed by atoms with van der Waals surface area (Å²) in [5, 5.41) is 1.08. The van der Waals surface area contributed by atoms with Crippen LogP contribution in [-0.2, 0) is 13.0 Å². The number of hydrogen-bond acceptors (Lipinski definition) is 1. The average Bonchev–Trinajstić information content (AvgIpc) is 2.18. The first-order valence-corrected chi connectivity index (χ1v) is 5.87. The van der Waals surface area contributed by atoms with Crippen molar-refractivity contribution in [2.45, 2.75) is 13.0 Å². The van der Waals surface area contributed by atoms with E-state index in [1.54, 1.807) is 0 Å². The molecule has 0 radical (unpaired) electrons. The number of rotatable bonds is 2. The minimum atomic E-state index is 1.08. The van der Waals surface area contributed by atoms with Gasteiger partial charge in [-0.15, -0.1) is 0 Å². The van der Waals surface area contributed by atoms with Gasteiger partial charge in [0.15, 0.2) is 0 Å². The van der Waals surface area contributed by atoms with Gasteiger partial charge in [0.25, 0.3) is 0 Å². The van der Waals surface area contributed by atoms with E-state index in [1.165, 1.54) is 24.1 Å². The lowest BCUT2D eigenvalue weighted by atomic mass is 10.0. The van der Waals surface area contributed by atoms with E-state index in [9.17, 15) is 0 Å². The molecule has 1 aromatic carbocycles. The quantitative estimate of drug-likeness (QED) is 0.717. The average molecular weight is 240 g/mol. The molecule has 0 aliphatic carbocycles. The van der Waals surface area contributed by atoms with Gasteiger partial charge in [-0.25, -0.2) is 0 Å². The summed E-state index contributed by atoms with van der Waals surface area (Å²) >= 11 is 3.48. The topological polar surface area (TPSA) is 3.24 Å². The predicted molar refractivity (Wildman–Crippen MR) is 59.2 cm³/mol. The van der Waals surface area contributed by atoms with Gasteiger partial charge >= 0.3 is 0 Å². The van der Waals surface area contributed by atoms with Gasteiger partial charge in [0.1, 0.15) is 0 Å². The minimum absolute atomic E-state index is 1.08. The molecule has 2 heteroatoms. The second-order valence-corrected chi connectivity index (χ2v) is 4.28. The summed E-state index contributed by atoms with van der Waals surface area (Å²) in [6.45, 7) is 3.50. The van der Waals surface area contributed by atoms with E-state index in [1.807, 2.05) is 0 Å². The van der Waals surface area contributed by atoms with E-state index in [0.717, 1.165) is 18.4 Å². The van der Waals surface area contributed by atoms with Gasteiger partial charge in [0, 0.05) is 25.0 Å². The van der Waals surface area contributed by atoms with E-state index in [-0.39, 0.29) is 0 Å². The molecule has 1 heterocycles. The first-order valence-electron chi connectivity index (χ1n) is 4.75. The summed E-state index contributed by atoms with van der Waals surface area (Å²) in [4.78, 5) is 2.50. The Hall–Kier alpha value is -0.340. The van der Waals surface area contributed by atoms with Crippen molar-refractivity contribution in [1.29, 1.82) is 0 Å². The summed E-state index contributed by atoms with van der Waals surface area (Å²) in [6.07, 6.45) is 1.21. The highest BCUT2D eigenvalue weighted by molar-refractivity contribution is 9.09. The maximum atomic E-state index is 3.48. The second-order valence-electron chi connectivity index (χ2n) is 3.48. The predicted octanol–water partition coefficient (Wildman–Crippen LogP) is 2.44. The van der Waals surface area contributed by atoms with Gasteiger partial charge < -0.3 is 0 Å². The molecule has 0 spiro atoms. The molecule has 1 aromatic rings. The highest BCUT2D eigenvalue weighted by Crippen LogP contribution is 2.17. The number of benzene rings is 1. The molecule has 0 unspecified atom stereocenters. The maximum absolute atomic E-state index is 3.48. The van der Waals surface area contributed by atoms with Gasteiger partial charge in [0.2, 0.25) is 0 Å². The number of fused-ring (bicyclic) bond motifs is 1. The van der Waals surface area contributed by atoms with E-state index < -0.39 is 0 Å². The molecule has 0 saturated carbocycles. The Morgan fingerprint density at radius 3 is 2.77 bits per heavy atom. The van der Waals surface area contributed by atoms with E-state index in [2.05, 4.69) is 45.1 Å². The molecule has 13 heavy (non-hydrogen) atoms. The molecule has 0 amide bonds. The van der Waals surface area contributed by atoms with Crippen molar-refractivity contribution in [3.8, 4) is 0 Å². The van der Waals surface area contributed by atoms with Crippen LogP contribution in [0.15, 0.2) is 24.3 Å². The van der Waals surface area contributed by atoms with Crippen LogP contribution in [0.4, 0.5) is 0 Å². The van der Waals surface area contributed by atoms with Gasteiger partial charge in [0.05, 0.1) is 0 Å². The van der Waals surface area contributed by atoms with Gasteiger partial charge in [-0.1, -0.05) is 40.2 Å². The molecule has 0 saturated heterocycles. The second kappa shape index (κ2) is 4.25.